The SMILES string of the molecule is CCC1(C)CCN(C(=O)CCC2CCCN2)CC1.Cl. The van der Waals surface area contributed by atoms with Gasteiger partial charge < -0.3 is 10.2 Å². The van der Waals surface area contributed by atoms with Gasteiger partial charge in [0.2, 0.25) is 5.91 Å². The number of piperidine rings is 1. The van der Waals surface area contributed by atoms with Crippen LogP contribution in [0.5, 0.6) is 0 Å². The van der Waals surface area contributed by atoms with E-state index in [0.717, 1.165) is 32.5 Å². The second-order valence-electron chi connectivity index (χ2n) is 6.38. The number of carbonyl (C=O) groups excluding carboxylic acids is 1. The van der Waals surface area contributed by atoms with Crippen LogP contribution < -0.4 is 5.32 Å². The molecule has 0 aliphatic carbocycles. The molecule has 0 spiro atoms. The summed E-state index contributed by atoms with van der Waals surface area (Å²) >= 11 is 0. The summed E-state index contributed by atoms with van der Waals surface area (Å²) in [5.74, 6) is 0.377. The minimum absolute atomic E-state index is 0. The van der Waals surface area contributed by atoms with Gasteiger partial charge in [0.05, 0.1) is 0 Å². The Morgan fingerprint density at radius 1 is 1.37 bits per heavy atom. The summed E-state index contributed by atoms with van der Waals surface area (Å²) in [5, 5.41) is 3.47. The number of nitrogens with one attached hydrogen (secondary N) is 1. The molecule has 2 saturated heterocycles. The van der Waals surface area contributed by atoms with Crippen molar-refractivity contribution in [1.82, 2.24) is 10.2 Å². The lowest BCUT2D eigenvalue weighted by atomic mass is 9.78. The third-order valence-electron chi connectivity index (χ3n) is 5.05. The van der Waals surface area contributed by atoms with Crippen molar-refractivity contribution >= 4 is 18.3 Å². The maximum absolute atomic E-state index is 12.2. The Hall–Kier alpha value is -0.280. The first-order valence-electron chi connectivity index (χ1n) is 7.64. The first-order chi connectivity index (χ1) is 8.63. The maximum Gasteiger partial charge on any atom is 0.222 e. The molecule has 1 unspecified atom stereocenters. The Labute approximate surface area is 123 Å². The highest BCUT2D eigenvalue weighted by Crippen LogP contribution is 2.34. The normalized spacial score (nSPS) is 26.0. The molecule has 0 radical (unpaired) electrons. The molecule has 0 bridgehead atoms. The van der Waals surface area contributed by atoms with Gasteiger partial charge in [0, 0.05) is 25.6 Å². The Morgan fingerprint density at radius 2 is 2.05 bits per heavy atom. The predicted octanol–water partition coefficient (Wildman–Crippen LogP) is 2.98. The van der Waals surface area contributed by atoms with Crippen molar-refractivity contribution in [3.05, 3.63) is 0 Å². The van der Waals surface area contributed by atoms with Crippen LogP contribution in [0.15, 0.2) is 0 Å². The number of hydrogen-bond donors (Lipinski definition) is 1. The Morgan fingerprint density at radius 3 is 2.58 bits per heavy atom. The minimum atomic E-state index is 0. The van der Waals surface area contributed by atoms with E-state index in [0.29, 0.717) is 17.4 Å². The lowest BCUT2D eigenvalue weighted by molar-refractivity contribution is -0.133. The fourth-order valence-corrected chi connectivity index (χ4v) is 3.11. The van der Waals surface area contributed by atoms with E-state index >= 15 is 0 Å². The number of amides is 1. The van der Waals surface area contributed by atoms with Crippen molar-refractivity contribution in [1.29, 1.82) is 0 Å². The molecule has 112 valence electrons. The van der Waals surface area contributed by atoms with E-state index in [-0.39, 0.29) is 12.4 Å². The van der Waals surface area contributed by atoms with E-state index < -0.39 is 0 Å². The monoisotopic (exact) mass is 288 g/mol. The van der Waals surface area contributed by atoms with Crippen molar-refractivity contribution in [2.75, 3.05) is 19.6 Å². The average Bonchev–Trinajstić information content (AvgIpc) is 2.90. The molecule has 0 saturated carbocycles. The van der Waals surface area contributed by atoms with E-state index in [9.17, 15) is 4.79 Å². The van der Waals surface area contributed by atoms with Gasteiger partial charge in [0.15, 0.2) is 0 Å². The van der Waals surface area contributed by atoms with Gasteiger partial charge in [0.1, 0.15) is 0 Å². The average molecular weight is 289 g/mol. The zero-order valence-electron chi connectivity index (χ0n) is 12.4. The zero-order chi connectivity index (χ0) is 13.0. The van der Waals surface area contributed by atoms with Crippen LogP contribution in [0.4, 0.5) is 0 Å². The number of hydrogen-bond acceptors (Lipinski definition) is 2. The van der Waals surface area contributed by atoms with Crippen LogP contribution in [0.2, 0.25) is 0 Å². The van der Waals surface area contributed by atoms with Crippen LogP contribution in [0.1, 0.15) is 58.8 Å². The van der Waals surface area contributed by atoms with Crippen LogP contribution in [0.25, 0.3) is 0 Å². The third-order valence-corrected chi connectivity index (χ3v) is 5.05. The van der Waals surface area contributed by atoms with Gasteiger partial charge in [-0.1, -0.05) is 20.3 Å². The molecule has 1 N–H and O–H groups in total. The van der Waals surface area contributed by atoms with E-state index in [4.69, 9.17) is 0 Å². The second-order valence-corrected chi connectivity index (χ2v) is 6.38. The molecule has 0 aromatic carbocycles. The van der Waals surface area contributed by atoms with Crippen molar-refractivity contribution in [3.63, 3.8) is 0 Å². The van der Waals surface area contributed by atoms with Gasteiger partial charge in [-0.3, -0.25) is 4.79 Å². The van der Waals surface area contributed by atoms with Crippen molar-refractivity contribution in [2.24, 2.45) is 5.41 Å². The van der Waals surface area contributed by atoms with Crippen LogP contribution in [0, 0.1) is 5.41 Å². The number of halogens is 1. The van der Waals surface area contributed by atoms with Gasteiger partial charge >= 0.3 is 0 Å². The number of rotatable bonds is 4. The highest BCUT2D eigenvalue weighted by atomic mass is 35.5. The molecule has 2 aliphatic heterocycles. The molecule has 1 amide bonds. The quantitative estimate of drug-likeness (QED) is 0.862. The molecule has 2 rings (SSSR count). The van der Waals surface area contributed by atoms with Gasteiger partial charge in [-0.15, -0.1) is 12.4 Å². The predicted molar refractivity (Wildman–Crippen MR) is 81.7 cm³/mol. The minimum Gasteiger partial charge on any atom is -0.343 e. The highest BCUT2D eigenvalue weighted by Gasteiger charge is 2.30. The maximum atomic E-state index is 12.2. The lowest BCUT2D eigenvalue weighted by Gasteiger charge is -2.39. The number of likely N-dealkylation sites (tertiary alicyclic amines) is 1. The molecule has 1 atom stereocenters. The molecule has 19 heavy (non-hydrogen) atoms. The molecular formula is C15H29ClN2O. The standard InChI is InChI=1S/C15H28N2O.ClH/c1-3-15(2)8-11-17(12-9-15)14(18)7-6-13-5-4-10-16-13;/h13,16H,3-12H2,1-2H3;1H. The van der Waals surface area contributed by atoms with Crippen molar-refractivity contribution in [2.45, 2.75) is 64.8 Å². The molecule has 0 aromatic heterocycles. The Bertz CT molecular complexity index is 282. The largest absolute Gasteiger partial charge is 0.343 e. The summed E-state index contributed by atoms with van der Waals surface area (Å²) in [7, 11) is 0. The van der Waals surface area contributed by atoms with Gasteiger partial charge in [-0.2, -0.15) is 0 Å². The van der Waals surface area contributed by atoms with Crippen molar-refractivity contribution in [3.8, 4) is 0 Å². The Balaban J connectivity index is 0.00000180. The molecule has 4 heteroatoms. The summed E-state index contributed by atoms with van der Waals surface area (Å²) in [6.07, 6.45) is 7.88. The molecule has 0 aromatic rings. The highest BCUT2D eigenvalue weighted by molar-refractivity contribution is 5.85. The van der Waals surface area contributed by atoms with Crippen LogP contribution in [0.3, 0.4) is 0 Å². The number of carbonyl (C=O) groups is 1. The summed E-state index contributed by atoms with van der Waals surface area (Å²) < 4.78 is 0. The van der Waals surface area contributed by atoms with E-state index in [2.05, 4.69) is 24.1 Å². The summed E-state index contributed by atoms with van der Waals surface area (Å²) in [6, 6.07) is 0.597. The smallest absolute Gasteiger partial charge is 0.222 e. The fourth-order valence-electron chi connectivity index (χ4n) is 3.11. The fraction of sp³-hybridized carbons (Fsp3) is 0.933. The Kier molecular flexibility index (Phi) is 6.61. The van der Waals surface area contributed by atoms with Crippen molar-refractivity contribution < 1.29 is 4.79 Å². The lowest BCUT2D eigenvalue weighted by Crippen LogP contribution is -2.42. The van der Waals surface area contributed by atoms with Crippen LogP contribution >= 0.6 is 12.4 Å². The van der Waals surface area contributed by atoms with Gasteiger partial charge in [0.25, 0.3) is 0 Å². The summed E-state index contributed by atoms with van der Waals surface area (Å²) in [6.45, 7) is 7.71. The van der Waals surface area contributed by atoms with E-state index in [1.54, 1.807) is 0 Å². The van der Waals surface area contributed by atoms with E-state index in [1.165, 1.54) is 32.1 Å². The molecular weight excluding hydrogens is 260 g/mol. The van der Waals surface area contributed by atoms with Crippen LogP contribution in [-0.2, 0) is 4.79 Å². The zero-order valence-corrected chi connectivity index (χ0v) is 13.2. The van der Waals surface area contributed by atoms with E-state index in [1.807, 2.05) is 0 Å². The topological polar surface area (TPSA) is 32.3 Å². The van der Waals surface area contributed by atoms with Gasteiger partial charge in [-0.05, 0) is 44.1 Å². The number of nitrogens with zero attached hydrogens (tertiary/aromatic N) is 1. The molecule has 2 fully saturated rings. The molecule has 2 aliphatic rings. The summed E-state index contributed by atoms with van der Waals surface area (Å²) in [5.41, 5.74) is 0.476. The van der Waals surface area contributed by atoms with Gasteiger partial charge in [-0.25, -0.2) is 0 Å². The first kappa shape index (κ1) is 16.8. The summed E-state index contributed by atoms with van der Waals surface area (Å²) in [4.78, 5) is 14.2. The third kappa shape index (κ3) is 4.64. The first-order valence-corrected chi connectivity index (χ1v) is 7.64. The molecule has 3 nitrogen and oxygen atoms in total. The second kappa shape index (κ2) is 7.49. The molecule has 2 heterocycles. The van der Waals surface area contributed by atoms with Crippen LogP contribution in [-0.4, -0.2) is 36.5 Å².